The first-order valence-electron chi connectivity index (χ1n) is 10.4. The van der Waals surface area contributed by atoms with Gasteiger partial charge in [-0.3, -0.25) is 0 Å². The Balaban J connectivity index is 1.70. The van der Waals surface area contributed by atoms with Crippen molar-refractivity contribution in [3.63, 3.8) is 0 Å². The second-order valence-electron chi connectivity index (χ2n) is 7.89. The number of phenolic OH excluding ortho intramolecular Hbond substituents is 1. The molecule has 0 atom stereocenters. The Kier molecular flexibility index (Phi) is 4.96. The first-order valence-corrected chi connectivity index (χ1v) is 10.4. The minimum absolute atomic E-state index is 0.0955. The van der Waals surface area contributed by atoms with Crippen molar-refractivity contribution in [2.24, 2.45) is 0 Å². The average molecular weight is 448 g/mol. The first-order chi connectivity index (χ1) is 15.8. The van der Waals surface area contributed by atoms with E-state index in [1.807, 2.05) is 30.3 Å². The van der Waals surface area contributed by atoms with Gasteiger partial charge in [0.1, 0.15) is 11.5 Å². The lowest BCUT2D eigenvalue weighted by Gasteiger charge is -2.24. The monoisotopic (exact) mass is 448 g/mol. The third-order valence-electron chi connectivity index (χ3n) is 5.73. The van der Waals surface area contributed by atoms with Crippen LogP contribution in [0.1, 0.15) is 11.1 Å². The van der Waals surface area contributed by atoms with Gasteiger partial charge in [-0.2, -0.15) is 0 Å². The number of aryl methyl sites for hydroxylation is 1. The molecule has 166 valence electrons. The summed E-state index contributed by atoms with van der Waals surface area (Å²) in [5.41, 5.74) is 13.2. The molecule has 3 aromatic carbocycles. The molecule has 33 heavy (non-hydrogen) atoms. The number of halogens is 3. The highest BCUT2D eigenvalue weighted by atomic mass is 19.4. The van der Waals surface area contributed by atoms with Gasteiger partial charge in [-0.05, 0) is 77.6 Å². The summed E-state index contributed by atoms with van der Waals surface area (Å²) < 4.78 is 41.7. The summed E-state index contributed by atoms with van der Waals surface area (Å²) in [6.07, 6.45) is -3.27. The quantitative estimate of drug-likeness (QED) is 0.358. The van der Waals surface area contributed by atoms with Crippen molar-refractivity contribution >= 4 is 5.69 Å². The van der Waals surface area contributed by atoms with Crippen LogP contribution in [0.25, 0.3) is 33.6 Å². The molecule has 1 aliphatic rings. The molecule has 0 aliphatic heterocycles. The Hall–Kier alpha value is -4.00. The zero-order chi connectivity index (χ0) is 23.2. The maximum atomic E-state index is 12.6. The Bertz CT molecular complexity index is 1350. The number of aromatic hydroxyl groups is 1. The van der Waals surface area contributed by atoms with Crippen molar-refractivity contribution in [3.05, 3.63) is 83.9 Å². The van der Waals surface area contributed by atoms with Crippen molar-refractivity contribution < 1.29 is 23.0 Å². The lowest BCUT2D eigenvalue weighted by molar-refractivity contribution is -0.274. The van der Waals surface area contributed by atoms with E-state index in [0.717, 1.165) is 39.9 Å². The zero-order valence-corrected chi connectivity index (χ0v) is 17.4. The van der Waals surface area contributed by atoms with Gasteiger partial charge in [0, 0.05) is 16.8 Å². The van der Waals surface area contributed by atoms with E-state index in [0.29, 0.717) is 23.4 Å². The van der Waals surface area contributed by atoms with Crippen molar-refractivity contribution in [1.29, 1.82) is 0 Å². The van der Waals surface area contributed by atoms with Gasteiger partial charge in [0.05, 0.1) is 11.4 Å². The van der Waals surface area contributed by atoms with E-state index in [1.165, 1.54) is 12.1 Å². The maximum absolute atomic E-state index is 12.6. The number of ether oxygens (including phenoxy) is 1. The summed E-state index contributed by atoms with van der Waals surface area (Å²) in [5, 5.41) is 10.4. The van der Waals surface area contributed by atoms with E-state index in [9.17, 15) is 18.3 Å². The number of fused-ring (bicyclic) bond motifs is 3. The number of hydrogen-bond donors (Lipinski definition) is 2. The smallest absolute Gasteiger partial charge is 0.507 e. The molecule has 0 radical (unpaired) electrons. The normalized spacial score (nSPS) is 12.7. The lowest BCUT2D eigenvalue weighted by atomic mass is 9.84. The van der Waals surface area contributed by atoms with E-state index in [4.69, 9.17) is 10.7 Å². The van der Waals surface area contributed by atoms with Crippen molar-refractivity contribution in [2.45, 2.75) is 19.2 Å². The maximum Gasteiger partial charge on any atom is 0.573 e. The van der Waals surface area contributed by atoms with E-state index in [1.54, 1.807) is 30.3 Å². The molecular formula is C26H19F3N2O2. The van der Waals surface area contributed by atoms with E-state index < -0.39 is 6.36 Å². The van der Waals surface area contributed by atoms with Crippen LogP contribution in [-0.2, 0) is 12.8 Å². The standard InChI is InChI=1S/C26H19F3N2O2/c27-26(28,29)33-18-9-5-15(6-10-18)22-14-23(21-3-1-2-4-24(21)32)31-25-19-12-8-17(30)13-16(19)7-11-20(22)25/h1-6,8-10,12-14,32H,7,11,30H2. The van der Waals surface area contributed by atoms with Crippen LogP contribution in [0.4, 0.5) is 18.9 Å². The molecule has 1 aromatic heterocycles. The fourth-order valence-corrected chi connectivity index (χ4v) is 4.28. The van der Waals surface area contributed by atoms with Crippen LogP contribution < -0.4 is 10.5 Å². The highest BCUT2D eigenvalue weighted by molar-refractivity contribution is 5.84. The molecule has 0 saturated carbocycles. The molecule has 3 N–H and O–H groups in total. The Labute approximate surface area is 188 Å². The van der Waals surface area contributed by atoms with Gasteiger partial charge < -0.3 is 15.6 Å². The number of pyridine rings is 1. The minimum atomic E-state index is -4.75. The number of alkyl halides is 3. The molecule has 0 amide bonds. The van der Waals surface area contributed by atoms with Gasteiger partial charge in [0.25, 0.3) is 0 Å². The summed E-state index contributed by atoms with van der Waals surface area (Å²) in [6.45, 7) is 0. The van der Waals surface area contributed by atoms with E-state index >= 15 is 0 Å². The highest BCUT2D eigenvalue weighted by Gasteiger charge is 2.31. The molecule has 1 aliphatic carbocycles. The number of nitrogens with zero attached hydrogens (tertiary/aromatic N) is 1. The summed E-state index contributed by atoms with van der Waals surface area (Å²) in [4.78, 5) is 4.89. The molecule has 0 fully saturated rings. The van der Waals surface area contributed by atoms with Gasteiger partial charge in [0.2, 0.25) is 0 Å². The summed E-state index contributed by atoms with van der Waals surface area (Å²) >= 11 is 0. The number of rotatable bonds is 3. The first kappa shape index (κ1) is 20.9. The zero-order valence-electron chi connectivity index (χ0n) is 17.4. The summed E-state index contributed by atoms with van der Waals surface area (Å²) in [5.74, 6) is -0.186. The Morgan fingerprint density at radius 1 is 0.848 bits per heavy atom. The molecule has 4 aromatic rings. The minimum Gasteiger partial charge on any atom is -0.507 e. The largest absolute Gasteiger partial charge is 0.573 e. The number of aromatic nitrogens is 1. The predicted octanol–water partition coefficient (Wildman–Crippen LogP) is 6.37. The van der Waals surface area contributed by atoms with Gasteiger partial charge in [0.15, 0.2) is 0 Å². The van der Waals surface area contributed by atoms with Gasteiger partial charge in [-0.25, -0.2) is 4.98 Å². The van der Waals surface area contributed by atoms with Gasteiger partial charge in [-0.1, -0.05) is 30.3 Å². The molecule has 0 bridgehead atoms. The van der Waals surface area contributed by atoms with Crippen molar-refractivity contribution in [2.75, 3.05) is 5.73 Å². The van der Waals surface area contributed by atoms with Crippen molar-refractivity contribution in [1.82, 2.24) is 4.98 Å². The second-order valence-corrected chi connectivity index (χ2v) is 7.89. The van der Waals surface area contributed by atoms with Gasteiger partial charge in [-0.15, -0.1) is 13.2 Å². The fourth-order valence-electron chi connectivity index (χ4n) is 4.28. The molecule has 0 spiro atoms. The predicted molar refractivity (Wildman–Crippen MR) is 121 cm³/mol. The van der Waals surface area contributed by atoms with Crippen LogP contribution in [0.15, 0.2) is 72.8 Å². The van der Waals surface area contributed by atoms with Crippen LogP contribution >= 0.6 is 0 Å². The Morgan fingerprint density at radius 3 is 2.33 bits per heavy atom. The number of phenols is 1. The summed E-state index contributed by atoms with van der Waals surface area (Å²) in [6, 6.07) is 20.3. The second kappa shape index (κ2) is 7.85. The molecular weight excluding hydrogens is 429 g/mol. The molecule has 0 saturated heterocycles. The number of nitrogens with two attached hydrogens (primary N) is 1. The third kappa shape index (κ3) is 4.09. The van der Waals surface area contributed by atoms with Crippen molar-refractivity contribution in [3.8, 4) is 45.1 Å². The highest BCUT2D eigenvalue weighted by Crippen LogP contribution is 2.42. The number of para-hydroxylation sites is 1. The molecule has 4 nitrogen and oxygen atoms in total. The van der Waals surface area contributed by atoms with Crippen LogP contribution in [0, 0.1) is 0 Å². The van der Waals surface area contributed by atoms with Crippen LogP contribution in [0.3, 0.4) is 0 Å². The topological polar surface area (TPSA) is 68.4 Å². The number of hydrogen-bond acceptors (Lipinski definition) is 4. The van der Waals surface area contributed by atoms with Crippen LogP contribution in [0.2, 0.25) is 0 Å². The van der Waals surface area contributed by atoms with Crippen LogP contribution in [-0.4, -0.2) is 16.5 Å². The molecule has 0 unspecified atom stereocenters. The van der Waals surface area contributed by atoms with E-state index in [2.05, 4.69) is 4.74 Å². The molecule has 7 heteroatoms. The number of benzene rings is 3. The van der Waals surface area contributed by atoms with Gasteiger partial charge >= 0.3 is 6.36 Å². The number of nitrogen functional groups attached to an aromatic ring is 1. The Morgan fingerprint density at radius 2 is 1.61 bits per heavy atom. The molecule has 5 rings (SSSR count). The summed E-state index contributed by atoms with van der Waals surface area (Å²) in [7, 11) is 0. The third-order valence-corrected chi connectivity index (χ3v) is 5.73. The average Bonchev–Trinajstić information content (AvgIpc) is 2.78. The van der Waals surface area contributed by atoms with Crippen LogP contribution in [0.5, 0.6) is 11.5 Å². The fraction of sp³-hybridized carbons (Fsp3) is 0.115. The number of anilines is 1. The SMILES string of the molecule is Nc1ccc2c(c1)CCc1c(-c3ccc(OC(F)(F)F)cc3)cc(-c3ccccc3O)nc1-2. The van der Waals surface area contributed by atoms with E-state index in [-0.39, 0.29) is 11.5 Å². The lowest BCUT2D eigenvalue weighted by Crippen LogP contribution is -2.17. The molecule has 1 heterocycles.